The molecule has 1 rings (SSSR count). The van der Waals surface area contributed by atoms with Gasteiger partial charge in [-0.15, -0.1) is 0 Å². The van der Waals surface area contributed by atoms with Crippen LogP contribution in [0, 0.1) is 5.92 Å². The smallest absolute Gasteiger partial charge is 0.237 e. The molecule has 0 aliphatic carbocycles. The van der Waals surface area contributed by atoms with Gasteiger partial charge in [-0.1, -0.05) is 13.8 Å². The van der Waals surface area contributed by atoms with E-state index in [0.29, 0.717) is 38.4 Å². The highest BCUT2D eigenvalue weighted by Crippen LogP contribution is 2.09. The number of amides is 2. The maximum atomic E-state index is 11.8. The van der Waals surface area contributed by atoms with E-state index < -0.39 is 0 Å². The predicted molar refractivity (Wildman–Crippen MR) is 72.7 cm³/mol. The van der Waals surface area contributed by atoms with Gasteiger partial charge in [-0.25, -0.2) is 0 Å². The Bertz CT molecular complexity index is 308. The number of methoxy groups -OCH3 is 1. The first-order valence-electron chi connectivity index (χ1n) is 6.83. The number of rotatable bonds is 7. The monoisotopic (exact) mass is 271 g/mol. The fourth-order valence-corrected chi connectivity index (χ4v) is 1.91. The molecule has 0 saturated carbocycles. The van der Waals surface area contributed by atoms with E-state index in [9.17, 15) is 9.59 Å². The van der Waals surface area contributed by atoms with E-state index in [1.807, 2.05) is 13.8 Å². The van der Waals surface area contributed by atoms with Gasteiger partial charge in [0.15, 0.2) is 0 Å². The molecular formula is C13H25N3O3. The quantitative estimate of drug-likeness (QED) is 0.591. The second-order valence-electron chi connectivity index (χ2n) is 5.29. The standard InChI is InChI=1S/C13H25N3O3/c1-9(2)7-16-12(17)4-5-14-13(18)11-6-10(19-3)8-15-11/h9-11,15H,4-8H2,1-3H3,(H,14,18)(H,16,17). The molecule has 0 aromatic heterocycles. The number of ether oxygens (including phenoxy) is 1. The van der Waals surface area contributed by atoms with Crippen LogP contribution >= 0.6 is 0 Å². The second kappa shape index (κ2) is 8.12. The molecule has 1 aliphatic rings. The fraction of sp³-hybridized carbons (Fsp3) is 0.846. The molecule has 0 bridgehead atoms. The Kier molecular flexibility index (Phi) is 6.80. The van der Waals surface area contributed by atoms with Crippen LogP contribution in [0.2, 0.25) is 0 Å². The average molecular weight is 271 g/mol. The summed E-state index contributed by atoms with van der Waals surface area (Å²) in [6, 6.07) is -0.205. The number of hydrogen-bond acceptors (Lipinski definition) is 4. The third-order valence-corrected chi connectivity index (χ3v) is 3.10. The van der Waals surface area contributed by atoms with Crippen molar-refractivity contribution in [1.29, 1.82) is 0 Å². The van der Waals surface area contributed by atoms with Gasteiger partial charge in [0.25, 0.3) is 0 Å². The van der Waals surface area contributed by atoms with Gasteiger partial charge >= 0.3 is 0 Å². The summed E-state index contributed by atoms with van der Waals surface area (Å²) in [5.74, 6) is 0.353. The minimum absolute atomic E-state index is 0.0249. The number of nitrogens with one attached hydrogen (secondary N) is 3. The summed E-state index contributed by atoms with van der Waals surface area (Å²) in [5, 5.41) is 8.68. The second-order valence-corrected chi connectivity index (χ2v) is 5.29. The summed E-state index contributed by atoms with van der Waals surface area (Å²) in [4.78, 5) is 23.2. The lowest BCUT2D eigenvalue weighted by Crippen LogP contribution is -2.41. The molecule has 0 radical (unpaired) electrons. The van der Waals surface area contributed by atoms with Crippen molar-refractivity contribution in [3.8, 4) is 0 Å². The Hall–Kier alpha value is -1.14. The molecule has 1 aliphatic heterocycles. The lowest BCUT2D eigenvalue weighted by molar-refractivity contribution is -0.123. The number of carbonyl (C=O) groups excluding carboxylic acids is 2. The minimum Gasteiger partial charge on any atom is -0.380 e. The number of carbonyl (C=O) groups is 2. The van der Waals surface area contributed by atoms with Crippen LogP contribution in [0.25, 0.3) is 0 Å². The first kappa shape index (κ1) is 15.9. The molecule has 19 heavy (non-hydrogen) atoms. The Labute approximate surface area is 114 Å². The Balaban J connectivity index is 2.12. The summed E-state index contributed by atoms with van der Waals surface area (Å²) in [6.07, 6.45) is 1.10. The lowest BCUT2D eigenvalue weighted by atomic mass is 10.2. The van der Waals surface area contributed by atoms with Crippen molar-refractivity contribution in [3.05, 3.63) is 0 Å². The van der Waals surface area contributed by atoms with Gasteiger partial charge in [0, 0.05) is 33.2 Å². The van der Waals surface area contributed by atoms with Gasteiger partial charge in [0.1, 0.15) is 0 Å². The molecule has 1 fully saturated rings. The van der Waals surface area contributed by atoms with Gasteiger partial charge in [-0.05, 0) is 12.3 Å². The zero-order valence-corrected chi connectivity index (χ0v) is 12.0. The highest BCUT2D eigenvalue weighted by molar-refractivity contribution is 5.83. The Morgan fingerprint density at radius 2 is 2.11 bits per heavy atom. The van der Waals surface area contributed by atoms with Gasteiger partial charge in [-0.2, -0.15) is 0 Å². The van der Waals surface area contributed by atoms with Crippen molar-refractivity contribution in [2.75, 3.05) is 26.7 Å². The summed E-state index contributed by atoms with van der Waals surface area (Å²) < 4.78 is 5.18. The summed E-state index contributed by atoms with van der Waals surface area (Å²) in [7, 11) is 1.64. The van der Waals surface area contributed by atoms with Crippen LogP contribution < -0.4 is 16.0 Å². The third-order valence-electron chi connectivity index (χ3n) is 3.10. The number of hydrogen-bond donors (Lipinski definition) is 3. The normalized spacial score (nSPS) is 22.5. The van der Waals surface area contributed by atoms with E-state index in [1.165, 1.54) is 0 Å². The molecule has 0 spiro atoms. The van der Waals surface area contributed by atoms with Gasteiger partial charge in [0.05, 0.1) is 12.1 Å². The fourth-order valence-electron chi connectivity index (χ4n) is 1.91. The topological polar surface area (TPSA) is 79.5 Å². The molecule has 2 amide bonds. The largest absolute Gasteiger partial charge is 0.380 e. The van der Waals surface area contributed by atoms with Crippen molar-refractivity contribution in [3.63, 3.8) is 0 Å². The van der Waals surface area contributed by atoms with E-state index in [4.69, 9.17) is 4.74 Å². The average Bonchev–Trinajstić information content (AvgIpc) is 2.85. The maximum absolute atomic E-state index is 11.8. The van der Waals surface area contributed by atoms with Crippen LogP contribution in [0.3, 0.4) is 0 Å². The van der Waals surface area contributed by atoms with Crippen molar-refractivity contribution in [2.45, 2.75) is 38.8 Å². The van der Waals surface area contributed by atoms with Crippen LogP contribution in [0.5, 0.6) is 0 Å². The SMILES string of the molecule is COC1CNC(C(=O)NCCC(=O)NCC(C)C)C1. The zero-order chi connectivity index (χ0) is 14.3. The van der Waals surface area contributed by atoms with Crippen LogP contribution in [0.15, 0.2) is 0 Å². The van der Waals surface area contributed by atoms with E-state index in [0.717, 1.165) is 0 Å². The molecule has 0 aromatic carbocycles. The molecule has 1 saturated heterocycles. The summed E-state index contributed by atoms with van der Waals surface area (Å²) in [6.45, 7) is 5.83. The first-order chi connectivity index (χ1) is 9.02. The van der Waals surface area contributed by atoms with Crippen LogP contribution in [0.1, 0.15) is 26.7 Å². The van der Waals surface area contributed by atoms with E-state index >= 15 is 0 Å². The lowest BCUT2D eigenvalue weighted by Gasteiger charge is -2.11. The molecule has 1 heterocycles. The summed E-state index contributed by atoms with van der Waals surface area (Å²) in [5.41, 5.74) is 0. The van der Waals surface area contributed by atoms with Crippen molar-refractivity contribution in [2.24, 2.45) is 5.92 Å². The van der Waals surface area contributed by atoms with Gasteiger partial charge in [-0.3, -0.25) is 9.59 Å². The van der Waals surface area contributed by atoms with Gasteiger partial charge in [0.2, 0.25) is 11.8 Å². The zero-order valence-electron chi connectivity index (χ0n) is 12.0. The Morgan fingerprint density at radius 1 is 1.37 bits per heavy atom. The van der Waals surface area contributed by atoms with Crippen LogP contribution in [-0.4, -0.2) is 50.7 Å². The molecule has 2 unspecified atom stereocenters. The molecule has 0 aromatic rings. The van der Waals surface area contributed by atoms with E-state index in [-0.39, 0.29) is 24.0 Å². The van der Waals surface area contributed by atoms with E-state index in [2.05, 4.69) is 16.0 Å². The van der Waals surface area contributed by atoms with Crippen LogP contribution in [0.4, 0.5) is 0 Å². The van der Waals surface area contributed by atoms with Gasteiger partial charge < -0.3 is 20.7 Å². The van der Waals surface area contributed by atoms with E-state index in [1.54, 1.807) is 7.11 Å². The molecule has 3 N–H and O–H groups in total. The molecular weight excluding hydrogens is 246 g/mol. The molecule has 2 atom stereocenters. The third kappa shape index (κ3) is 6.02. The van der Waals surface area contributed by atoms with Crippen LogP contribution in [-0.2, 0) is 14.3 Å². The minimum atomic E-state index is -0.205. The molecule has 110 valence electrons. The molecule has 6 nitrogen and oxygen atoms in total. The highest BCUT2D eigenvalue weighted by atomic mass is 16.5. The predicted octanol–water partition coefficient (Wildman–Crippen LogP) is -0.358. The molecule has 6 heteroatoms. The van der Waals surface area contributed by atoms with Crippen molar-refractivity contribution in [1.82, 2.24) is 16.0 Å². The van der Waals surface area contributed by atoms with Crippen molar-refractivity contribution < 1.29 is 14.3 Å². The maximum Gasteiger partial charge on any atom is 0.237 e. The first-order valence-corrected chi connectivity index (χ1v) is 6.83. The Morgan fingerprint density at radius 3 is 2.68 bits per heavy atom. The van der Waals surface area contributed by atoms with Crippen molar-refractivity contribution >= 4 is 11.8 Å². The summed E-state index contributed by atoms with van der Waals surface area (Å²) >= 11 is 0. The highest BCUT2D eigenvalue weighted by Gasteiger charge is 2.28.